The predicted molar refractivity (Wildman–Crippen MR) is 82.5 cm³/mol. The minimum Gasteiger partial charge on any atom is -0.481 e. The van der Waals surface area contributed by atoms with Crippen LogP contribution >= 0.6 is 0 Å². The van der Waals surface area contributed by atoms with Crippen LogP contribution in [0.2, 0.25) is 0 Å². The van der Waals surface area contributed by atoms with Crippen LogP contribution in [-0.4, -0.2) is 11.1 Å². The van der Waals surface area contributed by atoms with Crippen LogP contribution in [0.4, 0.5) is 0 Å². The summed E-state index contributed by atoms with van der Waals surface area (Å²) in [7, 11) is 0. The zero-order chi connectivity index (χ0) is 14.3. The van der Waals surface area contributed by atoms with Crippen LogP contribution in [-0.2, 0) is 4.79 Å². The molecule has 0 radical (unpaired) electrons. The minimum absolute atomic E-state index is 0.349. The second-order valence-corrected chi connectivity index (χ2v) is 5.85. The van der Waals surface area contributed by atoms with Gasteiger partial charge < -0.3 is 5.11 Å². The van der Waals surface area contributed by atoms with Crippen molar-refractivity contribution in [2.75, 3.05) is 0 Å². The lowest BCUT2D eigenvalue weighted by Gasteiger charge is -2.14. The summed E-state index contributed by atoms with van der Waals surface area (Å²) < 4.78 is 0. The maximum Gasteiger partial charge on any atom is 0.303 e. The molecule has 0 heterocycles. The first-order valence-corrected chi connectivity index (χ1v) is 8.42. The van der Waals surface area contributed by atoms with E-state index in [-0.39, 0.29) is 0 Å². The molecule has 1 N–H and O–H groups in total. The van der Waals surface area contributed by atoms with Gasteiger partial charge in [-0.15, -0.1) is 0 Å². The van der Waals surface area contributed by atoms with Crippen molar-refractivity contribution in [1.82, 2.24) is 0 Å². The molecule has 0 aliphatic heterocycles. The van der Waals surface area contributed by atoms with Gasteiger partial charge in [0, 0.05) is 6.42 Å². The van der Waals surface area contributed by atoms with Gasteiger partial charge in [0.15, 0.2) is 0 Å². The normalized spacial score (nSPS) is 12.5. The monoisotopic (exact) mass is 270 g/mol. The Bertz CT molecular complexity index is 201. The molecule has 114 valence electrons. The number of hydrogen-bond acceptors (Lipinski definition) is 1. The standard InChI is InChI=1S/C17H34O2/c1-3-5-6-7-8-9-10-11-13-16(12-4-2)14-15-17(18)19/h16H,3-15H2,1-2H3,(H,18,19). The van der Waals surface area contributed by atoms with E-state index >= 15 is 0 Å². The molecular weight excluding hydrogens is 236 g/mol. The maximum absolute atomic E-state index is 10.6. The Labute approximate surface area is 120 Å². The third-order valence-corrected chi connectivity index (χ3v) is 3.93. The van der Waals surface area contributed by atoms with Gasteiger partial charge in [0.2, 0.25) is 0 Å². The van der Waals surface area contributed by atoms with Crippen LogP contribution in [0.1, 0.15) is 97.3 Å². The molecule has 1 unspecified atom stereocenters. The van der Waals surface area contributed by atoms with Gasteiger partial charge in [-0.2, -0.15) is 0 Å². The lowest BCUT2D eigenvalue weighted by Crippen LogP contribution is -2.04. The van der Waals surface area contributed by atoms with Gasteiger partial charge in [0.05, 0.1) is 0 Å². The van der Waals surface area contributed by atoms with Gasteiger partial charge >= 0.3 is 5.97 Å². The zero-order valence-corrected chi connectivity index (χ0v) is 13.1. The van der Waals surface area contributed by atoms with E-state index in [0.29, 0.717) is 12.3 Å². The van der Waals surface area contributed by atoms with Gasteiger partial charge in [-0.3, -0.25) is 4.79 Å². The number of aliphatic carboxylic acids is 1. The predicted octanol–water partition coefficient (Wildman–Crippen LogP) is 5.80. The van der Waals surface area contributed by atoms with E-state index in [1.54, 1.807) is 0 Å². The Kier molecular flexibility index (Phi) is 13.5. The van der Waals surface area contributed by atoms with E-state index in [1.165, 1.54) is 70.6 Å². The third kappa shape index (κ3) is 13.7. The second kappa shape index (κ2) is 13.9. The van der Waals surface area contributed by atoms with E-state index in [2.05, 4.69) is 13.8 Å². The smallest absolute Gasteiger partial charge is 0.303 e. The maximum atomic E-state index is 10.6. The van der Waals surface area contributed by atoms with Gasteiger partial charge in [-0.1, -0.05) is 84.5 Å². The average molecular weight is 270 g/mol. The van der Waals surface area contributed by atoms with E-state index < -0.39 is 5.97 Å². The van der Waals surface area contributed by atoms with Crippen molar-refractivity contribution in [3.63, 3.8) is 0 Å². The summed E-state index contributed by atoms with van der Waals surface area (Å²) in [5, 5.41) is 8.74. The van der Waals surface area contributed by atoms with Crippen molar-refractivity contribution < 1.29 is 9.90 Å². The van der Waals surface area contributed by atoms with Crippen molar-refractivity contribution in [1.29, 1.82) is 0 Å². The quantitative estimate of drug-likeness (QED) is 0.405. The summed E-state index contributed by atoms with van der Waals surface area (Å²) >= 11 is 0. The van der Waals surface area contributed by atoms with Crippen molar-refractivity contribution in [2.45, 2.75) is 97.3 Å². The highest BCUT2D eigenvalue weighted by molar-refractivity contribution is 5.66. The van der Waals surface area contributed by atoms with E-state index in [0.717, 1.165) is 6.42 Å². The highest BCUT2D eigenvalue weighted by Gasteiger charge is 2.09. The van der Waals surface area contributed by atoms with Crippen LogP contribution in [0.25, 0.3) is 0 Å². The fraction of sp³-hybridized carbons (Fsp3) is 0.941. The van der Waals surface area contributed by atoms with Gasteiger partial charge in [0.1, 0.15) is 0 Å². The number of rotatable bonds is 14. The SMILES string of the molecule is CCCCCCCCCCC(CCC)CCC(=O)O. The number of carboxylic acids is 1. The molecule has 0 aromatic heterocycles. The average Bonchev–Trinajstić information content (AvgIpc) is 2.38. The first kappa shape index (κ1) is 18.5. The molecule has 0 rings (SSSR count). The number of unbranched alkanes of at least 4 members (excludes halogenated alkanes) is 7. The van der Waals surface area contributed by atoms with Crippen molar-refractivity contribution in [3.8, 4) is 0 Å². The molecule has 0 aromatic rings. The van der Waals surface area contributed by atoms with Crippen LogP contribution in [0.5, 0.6) is 0 Å². The van der Waals surface area contributed by atoms with Crippen LogP contribution in [0.3, 0.4) is 0 Å². The van der Waals surface area contributed by atoms with Gasteiger partial charge in [0.25, 0.3) is 0 Å². The summed E-state index contributed by atoms with van der Waals surface area (Å²) in [6, 6.07) is 0. The summed E-state index contributed by atoms with van der Waals surface area (Å²) in [6.07, 6.45) is 15.7. The third-order valence-electron chi connectivity index (χ3n) is 3.93. The first-order valence-electron chi connectivity index (χ1n) is 8.42. The Hall–Kier alpha value is -0.530. The summed E-state index contributed by atoms with van der Waals surface area (Å²) in [6.45, 7) is 4.45. The molecule has 19 heavy (non-hydrogen) atoms. The lowest BCUT2D eigenvalue weighted by molar-refractivity contribution is -0.137. The minimum atomic E-state index is -0.642. The largest absolute Gasteiger partial charge is 0.481 e. The van der Waals surface area contributed by atoms with E-state index in [4.69, 9.17) is 5.11 Å². The molecule has 1 atom stereocenters. The molecule has 0 saturated carbocycles. The Morgan fingerprint density at radius 2 is 1.37 bits per heavy atom. The van der Waals surface area contributed by atoms with Crippen LogP contribution in [0, 0.1) is 5.92 Å². The molecule has 2 heteroatoms. The summed E-state index contributed by atoms with van der Waals surface area (Å²) in [4.78, 5) is 10.6. The molecule has 0 bridgehead atoms. The van der Waals surface area contributed by atoms with Crippen molar-refractivity contribution in [3.05, 3.63) is 0 Å². The van der Waals surface area contributed by atoms with Crippen LogP contribution < -0.4 is 0 Å². The Morgan fingerprint density at radius 1 is 0.789 bits per heavy atom. The molecule has 0 spiro atoms. The number of carbonyl (C=O) groups is 1. The van der Waals surface area contributed by atoms with Gasteiger partial charge in [-0.25, -0.2) is 0 Å². The van der Waals surface area contributed by atoms with Crippen molar-refractivity contribution in [2.24, 2.45) is 5.92 Å². The number of hydrogen-bond donors (Lipinski definition) is 1. The van der Waals surface area contributed by atoms with E-state index in [9.17, 15) is 4.79 Å². The van der Waals surface area contributed by atoms with Crippen molar-refractivity contribution >= 4 is 5.97 Å². The molecular formula is C17H34O2. The van der Waals surface area contributed by atoms with Crippen LogP contribution in [0.15, 0.2) is 0 Å². The highest BCUT2D eigenvalue weighted by atomic mass is 16.4. The zero-order valence-electron chi connectivity index (χ0n) is 13.1. The fourth-order valence-electron chi connectivity index (χ4n) is 2.74. The second-order valence-electron chi connectivity index (χ2n) is 5.85. The topological polar surface area (TPSA) is 37.3 Å². The Morgan fingerprint density at radius 3 is 1.89 bits per heavy atom. The summed E-state index contributed by atoms with van der Waals surface area (Å²) in [5.41, 5.74) is 0. The van der Waals surface area contributed by atoms with Gasteiger partial charge in [-0.05, 0) is 12.3 Å². The fourth-order valence-corrected chi connectivity index (χ4v) is 2.74. The molecule has 2 nitrogen and oxygen atoms in total. The molecule has 0 saturated heterocycles. The molecule has 0 aliphatic rings. The van der Waals surface area contributed by atoms with E-state index in [1.807, 2.05) is 0 Å². The summed E-state index contributed by atoms with van der Waals surface area (Å²) in [5.74, 6) is -0.00165. The lowest BCUT2D eigenvalue weighted by atomic mass is 9.92. The molecule has 0 aromatic carbocycles. The first-order chi connectivity index (χ1) is 9.20. The molecule has 0 fully saturated rings. The number of carboxylic acid groups (broad SMARTS) is 1. The molecule has 0 aliphatic carbocycles. The molecule has 0 amide bonds. The Balaban J connectivity index is 3.44. The highest BCUT2D eigenvalue weighted by Crippen LogP contribution is 2.21.